The van der Waals surface area contributed by atoms with Crippen molar-refractivity contribution >= 4 is 34.8 Å². The van der Waals surface area contributed by atoms with Crippen LogP contribution in [-0.4, -0.2) is 58.9 Å². The topological polar surface area (TPSA) is 67.7 Å². The molecule has 0 N–H and O–H groups in total. The lowest BCUT2D eigenvalue weighted by Gasteiger charge is -2.29. The number of nitrogens with zero attached hydrogens (tertiary/aromatic N) is 4. The Balaban J connectivity index is 0.988. The van der Waals surface area contributed by atoms with E-state index in [1.807, 2.05) is 13.1 Å². The van der Waals surface area contributed by atoms with Gasteiger partial charge in [0, 0.05) is 54.5 Å². The molecule has 0 bridgehead atoms. The third-order valence-corrected chi connectivity index (χ3v) is 9.51. The Kier molecular flexibility index (Phi) is 8.25. The number of carbonyl (C=O) groups is 1. The van der Waals surface area contributed by atoms with Gasteiger partial charge in [-0.05, 0) is 63.8 Å². The van der Waals surface area contributed by atoms with Crippen LogP contribution in [0.25, 0.3) is 0 Å². The molecule has 0 spiro atoms. The Morgan fingerprint density at radius 2 is 2.03 bits per heavy atom. The Bertz CT molecular complexity index is 999. The van der Waals surface area contributed by atoms with Crippen molar-refractivity contribution in [1.82, 2.24) is 14.9 Å². The van der Waals surface area contributed by atoms with Crippen LogP contribution in [0.1, 0.15) is 65.4 Å². The smallest absolute Gasteiger partial charge is 0.273 e. The van der Waals surface area contributed by atoms with Crippen molar-refractivity contribution in [2.75, 3.05) is 19.6 Å². The van der Waals surface area contributed by atoms with Gasteiger partial charge in [-0.3, -0.25) is 4.79 Å². The second-order valence-corrected chi connectivity index (χ2v) is 12.6. The van der Waals surface area contributed by atoms with Gasteiger partial charge in [0.15, 0.2) is 0 Å². The minimum Gasteiger partial charge on any atom is -0.466 e. The van der Waals surface area contributed by atoms with E-state index in [9.17, 15) is 9.18 Å². The number of fused-ring (bicyclic) bond motifs is 1. The molecular formula is C26H35FN4O2S2. The fraction of sp³-hybridized carbons (Fsp3) is 0.692. The molecule has 190 valence electrons. The quantitative estimate of drug-likeness (QED) is 0.448. The largest absolute Gasteiger partial charge is 0.466 e. The molecule has 0 saturated heterocycles. The number of carbonyl (C=O) groups excluding carboxylic acids is 1. The minimum absolute atomic E-state index is 0.0197. The summed E-state index contributed by atoms with van der Waals surface area (Å²) in [5, 5.41) is 1.73. The molecular weight excluding hydrogens is 483 g/mol. The van der Waals surface area contributed by atoms with Crippen molar-refractivity contribution < 1.29 is 13.9 Å². The number of rotatable bonds is 8. The van der Waals surface area contributed by atoms with E-state index in [0.29, 0.717) is 25.2 Å². The third kappa shape index (κ3) is 6.95. The first-order valence-corrected chi connectivity index (χ1v) is 14.6. The maximum absolute atomic E-state index is 13.0. The average Bonchev–Trinajstić information content (AvgIpc) is 3.36. The molecule has 2 fully saturated rings. The number of aryl methyl sites for hydroxylation is 1. The Morgan fingerprint density at radius 3 is 2.77 bits per heavy atom. The van der Waals surface area contributed by atoms with Crippen molar-refractivity contribution in [3.05, 3.63) is 26.7 Å². The number of aliphatic imine (C=N–C) groups is 1. The highest BCUT2D eigenvalue weighted by molar-refractivity contribution is 7.13. The number of hydrogen-bond acceptors (Lipinski definition) is 7. The maximum Gasteiger partial charge on any atom is 0.273 e. The standard InChI is InChI=1S/C26H35FN4O2S2/c1-17-28-16-22(34-17)14-25(32)29-15-19-4-2-18(3-5-19)6-9-31-10-7-23-24(8-11-31)35-26(30-23)33-21-12-20(27)13-21/h15-16,18-21H,2-14H2,1H3. The first kappa shape index (κ1) is 25.0. The molecule has 1 amide bonds. The Labute approximate surface area is 215 Å². The van der Waals surface area contributed by atoms with Gasteiger partial charge in [-0.1, -0.05) is 11.3 Å². The number of amides is 1. The van der Waals surface area contributed by atoms with Gasteiger partial charge in [-0.25, -0.2) is 19.4 Å². The number of ether oxygens (including phenoxy) is 1. The third-order valence-electron chi connectivity index (χ3n) is 7.55. The summed E-state index contributed by atoms with van der Waals surface area (Å²) in [5.41, 5.74) is 1.18. The van der Waals surface area contributed by atoms with Crippen LogP contribution in [0.3, 0.4) is 0 Å². The van der Waals surface area contributed by atoms with Gasteiger partial charge in [0.1, 0.15) is 12.3 Å². The van der Waals surface area contributed by atoms with Gasteiger partial charge in [-0.2, -0.15) is 0 Å². The van der Waals surface area contributed by atoms with Gasteiger partial charge in [0.05, 0.1) is 17.1 Å². The Hall–Kier alpha value is -1.71. The average molecular weight is 519 g/mol. The zero-order valence-corrected chi connectivity index (χ0v) is 22.1. The van der Waals surface area contributed by atoms with E-state index in [0.717, 1.165) is 66.3 Å². The lowest BCUT2D eigenvalue weighted by molar-refractivity contribution is -0.117. The molecule has 2 aromatic heterocycles. The van der Waals surface area contributed by atoms with E-state index >= 15 is 0 Å². The molecule has 35 heavy (non-hydrogen) atoms. The van der Waals surface area contributed by atoms with Crippen LogP contribution in [0.4, 0.5) is 4.39 Å². The molecule has 0 atom stereocenters. The summed E-state index contributed by atoms with van der Waals surface area (Å²) in [6, 6.07) is 0. The summed E-state index contributed by atoms with van der Waals surface area (Å²) in [6.07, 6.45) is 12.4. The molecule has 0 aromatic carbocycles. The monoisotopic (exact) mass is 518 g/mol. The molecule has 2 aliphatic carbocycles. The van der Waals surface area contributed by atoms with Crippen molar-refractivity contribution in [2.24, 2.45) is 16.8 Å². The van der Waals surface area contributed by atoms with Crippen LogP contribution in [-0.2, 0) is 24.1 Å². The molecule has 9 heteroatoms. The van der Waals surface area contributed by atoms with E-state index in [1.54, 1.807) is 28.9 Å². The molecule has 3 heterocycles. The molecule has 6 nitrogen and oxygen atoms in total. The van der Waals surface area contributed by atoms with Crippen molar-refractivity contribution in [3.63, 3.8) is 0 Å². The second kappa shape index (κ2) is 11.6. The molecule has 3 aliphatic rings. The number of halogens is 1. The fourth-order valence-corrected chi connectivity index (χ4v) is 7.06. The van der Waals surface area contributed by atoms with E-state index in [4.69, 9.17) is 9.72 Å². The van der Waals surface area contributed by atoms with Crippen molar-refractivity contribution in [3.8, 4) is 5.19 Å². The van der Waals surface area contributed by atoms with Gasteiger partial charge in [0.25, 0.3) is 11.1 Å². The van der Waals surface area contributed by atoms with E-state index in [2.05, 4.69) is 14.9 Å². The van der Waals surface area contributed by atoms with Crippen LogP contribution < -0.4 is 4.74 Å². The fourth-order valence-electron chi connectivity index (χ4n) is 5.26. The van der Waals surface area contributed by atoms with Gasteiger partial charge < -0.3 is 9.64 Å². The van der Waals surface area contributed by atoms with Gasteiger partial charge in [-0.15, -0.1) is 11.3 Å². The summed E-state index contributed by atoms with van der Waals surface area (Å²) in [7, 11) is 0. The van der Waals surface area contributed by atoms with Crippen molar-refractivity contribution in [1.29, 1.82) is 0 Å². The SMILES string of the molecule is Cc1ncc(CC(=O)N=CC2CCC(CCN3CCc4nc(OC5CC(F)C5)sc4CC3)CC2)s1. The second-order valence-electron chi connectivity index (χ2n) is 10.3. The summed E-state index contributed by atoms with van der Waals surface area (Å²) >= 11 is 3.23. The molecule has 5 rings (SSSR count). The Morgan fingerprint density at radius 1 is 1.23 bits per heavy atom. The highest BCUT2D eigenvalue weighted by Crippen LogP contribution is 2.34. The lowest BCUT2D eigenvalue weighted by Crippen LogP contribution is -2.34. The normalized spacial score (nSPS) is 27.4. The van der Waals surface area contributed by atoms with Crippen LogP contribution in [0.2, 0.25) is 0 Å². The van der Waals surface area contributed by atoms with Crippen LogP contribution >= 0.6 is 22.7 Å². The number of aromatic nitrogens is 2. The number of alkyl halides is 1. The molecule has 0 unspecified atom stereocenters. The maximum atomic E-state index is 13.0. The summed E-state index contributed by atoms with van der Waals surface area (Å²) < 4.78 is 18.9. The predicted molar refractivity (Wildman–Crippen MR) is 139 cm³/mol. The molecule has 2 aromatic rings. The lowest BCUT2D eigenvalue weighted by atomic mass is 9.81. The predicted octanol–water partition coefficient (Wildman–Crippen LogP) is 5.22. The highest BCUT2D eigenvalue weighted by atomic mass is 32.1. The number of thiazole rings is 2. The highest BCUT2D eigenvalue weighted by Gasteiger charge is 2.32. The van der Waals surface area contributed by atoms with Gasteiger partial charge >= 0.3 is 0 Å². The van der Waals surface area contributed by atoms with Crippen LogP contribution in [0.15, 0.2) is 11.2 Å². The zero-order chi connectivity index (χ0) is 24.2. The number of hydrogen-bond donors (Lipinski definition) is 0. The van der Waals surface area contributed by atoms with E-state index in [1.165, 1.54) is 29.8 Å². The van der Waals surface area contributed by atoms with E-state index < -0.39 is 6.17 Å². The van der Waals surface area contributed by atoms with Crippen molar-refractivity contribution in [2.45, 2.75) is 83.4 Å². The molecule has 1 aliphatic heterocycles. The van der Waals surface area contributed by atoms with E-state index in [-0.39, 0.29) is 12.0 Å². The first-order valence-electron chi connectivity index (χ1n) is 13.0. The zero-order valence-electron chi connectivity index (χ0n) is 20.5. The van der Waals surface area contributed by atoms with Gasteiger partial charge in [0.2, 0.25) is 0 Å². The minimum atomic E-state index is -0.692. The van der Waals surface area contributed by atoms with Crippen LogP contribution in [0, 0.1) is 18.8 Å². The summed E-state index contributed by atoms with van der Waals surface area (Å²) in [4.78, 5) is 30.2. The summed E-state index contributed by atoms with van der Waals surface area (Å²) in [5.74, 6) is 1.15. The molecule has 2 saturated carbocycles. The summed E-state index contributed by atoms with van der Waals surface area (Å²) in [6.45, 7) is 5.23. The van der Waals surface area contributed by atoms with Crippen LogP contribution in [0.5, 0.6) is 5.19 Å². The first-order chi connectivity index (χ1) is 17.0. The molecule has 0 radical (unpaired) electrons.